The Bertz CT molecular complexity index is 1480. The molecule has 0 spiro atoms. The lowest BCUT2D eigenvalue weighted by Gasteiger charge is -2.25. The monoisotopic (exact) mass is 597 g/mol. The molecule has 0 bridgehead atoms. The molecule has 1 aliphatic rings. The van der Waals surface area contributed by atoms with Gasteiger partial charge >= 0.3 is 24.2 Å². The largest absolute Gasteiger partial charge is 0.458 e. The quantitative estimate of drug-likeness (QED) is 0.219. The summed E-state index contributed by atoms with van der Waals surface area (Å²) in [4.78, 5) is 26.5. The first-order chi connectivity index (χ1) is 18.3. The van der Waals surface area contributed by atoms with E-state index in [0.29, 0.717) is 0 Å². The predicted octanol–water partition coefficient (Wildman–Crippen LogP) is 8.35. The average Bonchev–Trinajstić information content (AvgIpc) is 3.08. The number of aryl methyl sites for hydroxylation is 1. The fourth-order valence-corrected chi connectivity index (χ4v) is 4.52. The standard InChI is InChI=1S/C26H14ClF10NO2/c1-12-7-13(5-6-19(12)38-21(39)17-3-2-4-18(27)20(17)22(38)40)8-14-9-15(23(28,29)25(32,33)34)11-16(10-14)24(30,31)26(35,36)37/h2-7,9-11H,8H2,1H3. The molecule has 1 heterocycles. The first-order valence-corrected chi connectivity index (χ1v) is 11.5. The van der Waals surface area contributed by atoms with Crippen LogP contribution in [-0.4, -0.2) is 24.2 Å². The second-order valence-corrected chi connectivity index (χ2v) is 9.38. The van der Waals surface area contributed by atoms with E-state index in [1.165, 1.54) is 43.3 Å². The van der Waals surface area contributed by atoms with Crippen LogP contribution in [0.4, 0.5) is 49.6 Å². The molecule has 0 atom stereocenters. The molecule has 0 radical (unpaired) electrons. The highest BCUT2D eigenvalue weighted by Gasteiger charge is 2.61. The number of imide groups is 1. The minimum absolute atomic E-state index is 0.0228. The maximum Gasteiger partial charge on any atom is 0.458 e. The van der Waals surface area contributed by atoms with Crippen LogP contribution < -0.4 is 4.90 Å². The van der Waals surface area contributed by atoms with E-state index in [1.807, 2.05) is 0 Å². The predicted molar refractivity (Wildman–Crippen MR) is 123 cm³/mol. The Kier molecular flexibility index (Phi) is 6.97. The lowest BCUT2D eigenvalue weighted by molar-refractivity contribution is -0.292. The van der Waals surface area contributed by atoms with Gasteiger partial charge in [-0.15, -0.1) is 0 Å². The van der Waals surface area contributed by atoms with Gasteiger partial charge in [0.25, 0.3) is 11.8 Å². The van der Waals surface area contributed by atoms with Crippen molar-refractivity contribution in [2.75, 3.05) is 4.90 Å². The van der Waals surface area contributed by atoms with Crippen molar-refractivity contribution in [1.29, 1.82) is 0 Å². The Hall–Kier alpha value is -3.61. The van der Waals surface area contributed by atoms with Crippen molar-refractivity contribution in [3.63, 3.8) is 0 Å². The van der Waals surface area contributed by atoms with Gasteiger partial charge in [-0.2, -0.15) is 43.9 Å². The molecule has 14 heteroatoms. The van der Waals surface area contributed by atoms with E-state index in [-0.39, 0.29) is 45.1 Å². The van der Waals surface area contributed by atoms with Crippen molar-refractivity contribution in [1.82, 2.24) is 0 Å². The van der Waals surface area contributed by atoms with Gasteiger partial charge in [-0.1, -0.05) is 29.8 Å². The lowest BCUT2D eigenvalue weighted by Crippen LogP contribution is -2.36. The summed E-state index contributed by atoms with van der Waals surface area (Å²) in [5.74, 6) is -12.9. The minimum Gasteiger partial charge on any atom is -0.268 e. The zero-order valence-electron chi connectivity index (χ0n) is 19.8. The lowest BCUT2D eigenvalue weighted by atomic mass is 9.93. The molecule has 3 aromatic carbocycles. The van der Waals surface area contributed by atoms with Crippen LogP contribution in [-0.2, 0) is 18.3 Å². The van der Waals surface area contributed by atoms with E-state index in [9.17, 15) is 53.5 Å². The van der Waals surface area contributed by atoms with Crippen LogP contribution in [0, 0.1) is 6.92 Å². The van der Waals surface area contributed by atoms with Crippen LogP contribution in [0.15, 0.2) is 54.6 Å². The molecule has 0 unspecified atom stereocenters. The summed E-state index contributed by atoms with van der Waals surface area (Å²) in [6.07, 6.45) is -13.2. The van der Waals surface area contributed by atoms with Crippen molar-refractivity contribution in [2.45, 2.75) is 37.5 Å². The number of anilines is 1. The molecule has 2 amide bonds. The van der Waals surface area contributed by atoms with Crippen LogP contribution in [0.5, 0.6) is 0 Å². The topological polar surface area (TPSA) is 37.4 Å². The third kappa shape index (κ3) is 4.80. The molecule has 0 fully saturated rings. The van der Waals surface area contributed by atoms with Gasteiger partial charge in [0.15, 0.2) is 0 Å². The van der Waals surface area contributed by atoms with Gasteiger partial charge in [0, 0.05) is 11.1 Å². The van der Waals surface area contributed by atoms with E-state index in [4.69, 9.17) is 11.6 Å². The molecule has 3 aromatic rings. The molecular weight excluding hydrogens is 584 g/mol. The number of alkyl halides is 10. The SMILES string of the molecule is Cc1cc(Cc2cc(C(F)(F)C(F)(F)F)cc(C(F)(F)C(F)(F)F)c2)ccc1N1C(=O)c2cccc(Cl)c2C1=O. The molecule has 0 aliphatic carbocycles. The summed E-state index contributed by atoms with van der Waals surface area (Å²) >= 11 is 6.04. The third-order valence-corrected chi connectivity index (χ3v) is 6.52. The molecule has 1 aliphatic heterocycles. The van der Waals surface area contributed by atoms with Crippen molar-refractivity contribution in [3.8, 4) is 0 Å². The first-order valence-electron chi connectivity index (χ1n) is 11.1. The van der Waals surface area contributed by atoms with E-state index >= 15 is 0 Å². The Morgan fingerprint density at radius 2 is 1.25 bits per heavy atom. The summed E-state index contributed by atoms with van der Waals surface area (Å²) < 4.78 is 134. The number of carbonyl (C=O) groups excluding carboxylic acids is 2. The molecule has 0 saturated carbocycles. The number of amides is 2. The van der Waals surface area contributed by atoms with Gasteiger partial charge in [-0.05, 0) is 66.4 Å². The Morgan fingerprint density at radius 1 is 0.700 bits per heavy atom. The third-order valence-electron chi connectivity index (χ3n) is 6.20. The molecule has 212 valence electrons. The Morgan fingerprint density at radius 3 is 1.73 bits per heavy atom. The second-order valence-electron chi connectivity index (χ2n) is 8.97. The average molecular weight is 598 g/mol. The summed E-state index contributed by atoms with van der Waals surface area (Å²) in [5, 5.41) is 0.0228. The second kappa shape index (κ2) is 9.50. The summed E-state index contributed by atoms with van der Waals surface area (Å²) in [6.45, 7) is 1.42. The smallest absolute Gasteiger partial charge is 0.268 e. The maximum absolute atomic E-state index is 14.0. The van der Waals surface area contributed by atoms with Gasteiger partial charge in [0.05, 0.1) is 21.8 Å². The van der Waals surface area contributed by atoms with Crippen LogP contribution >= 0.6 is 11.6 Å². The number of nitrogens with zero attached hydrogens (tertiary/aromatic N) is 1. The Labute approximate surface area is 224 Å². The fourth-order valence-electron chi connectivity index (χ4n) is 4.26. The van der Waals surface area contributed by atoms with Gasteiger partial charge in [0.2, 0.25) is 0 Å². The number of hydrogen-bond acceptors (Lipinski definition) is 2. The highest BCUT2D eigenvalue weighted by Crippen LogP contribution is 2.48. The molecular formula is C26H14ClF10NO2. The minimum atomic E-state index is -6.27. The van der Waals surface area contributed by atoms with E-state index in [2.05, 4.69) is 0 Å². The van der Waals surface area contributed by atoms with Gasteiger partial charge in [-0.3, -0.25) is 9.59 Å². The van der Waals surface area contributed by atoms with E-state index in [1.54, 1.807) is 0 Å². The van der Waals surface area contributed by atoms with Crippen molar-refractivity contribution >= 4 is 29.1 Å². The number of hydrogen-bond donors (Lipinski definition) is 0. The number of carbonyl (C=O) groups is 2. The van der Waals surface area contributed by atoms with Gasteiger partial charge in [0.1, 0.15) is 0 Å². The van der Waals surface area contributed by atoms with E-state index < -0.39 is 65.2 Å². The van der Waals surface area contributed by atoms with Crippen LogP contribution in [0.3, 0.4) is 0 Å². The highest BCUT2D eigenvalue weighted by atomic mass is 35.5. The number of benzene rings is 3. The molecule has 0 N–H and O–H groups in total. The highest BCUT2D eigenvalue weighted by molar-refractivity contribution is 6.42. The Balaban J connectivity index is 1.74. The zero-order chi connectivity index (χ0) is 30.0. The summed E-state index contributed by atoms with van der Waals surface area (Å²) in [5.41, 5.74) is -4.52. The van der Waals surface area contributed by atoms with E-state index in [0.717, 1.165) is 4.90 Å². The molecule has 0 saturated heterocycles. The first kappa shape index (κ1) is 29.4. The number of fused-ring (bicyclic) bond motifs is 1. The van der Waals surface area contributed by atoms with Crippen molar-refractivity contribution in [3.05, 3.63) is 98.6 Å². The molecule has 0 aromatic heterocycles. The van der Waals surface area contributed by atoms with Gasteiger partial charge in [-0.25, -0.2) is 4.90 Å². The van der Waals surface area contributed by atoms with Crippen LogP contribution in [0.1, 0.15) is 48.5 Å². The zero-order valence-corrected chi connectivity index (χ0v) is 20.6. The fraction of sp³-hybridized carbons (Fsp3) is 0.231. The molecule has 40 heavy (non-hydrogen) atoms. The van der Waals surface area contributed by atoms with Crippen molar-refractivity contribution < 1.29 is 53.5 Å². The van der Waals surface area contributed by atoms with Crippen LogP contribution in [0.2, 0.25) is 5.02 Å². The molecule has 4 rings (SSSR count). The summed E-state index contributed by atoms with van der Waals surface area (Å²) in [7, 11) is 0. The normalized spacial score (nSPS) is 14.7. The number of rotatable bonds is 5. The van der Waals surface area contributed by atoms with Crippen molar-refractivity contribution in [2.24, 2.45) is 0 Å². The molecule has 3 nitrogen and oxygen atoms in total. The van der Waals surface area contributed by atoms with Crippen LogP contribution in [0.25, 0.3) is 0 Å². The summed E-state index contributed by atoms with van der Waals surface area (Å²) in [6, 6.07) is 7.82. The number of halogens is 11. The maximum atomic E-state index is 14.0. The van der Waals surface area contributed by atoms with Gasteiger partial charge < -0.3 is 0 Å².